The fourth-order valence-electron chi connectivity index (χ4n) is 2.96. The number of carbonyl (C=O) groups excluding carboxylic acids is 2. The van der Waals surface area contributed by atoms with Crippen molar-refractivity contribution in [2.45, 2.75) is 17.9 Å². The number of benzene rings is 1. The van der Waals surface area contributed by atoms with Crippen molar-refractivity contribution in [2.75, 3.05) is 0 Å². The second kappa shape index (κ2) is 6.41. The van der Waals surface area contributed by atoms with E-state index in [2.05, 4.69) is 10.3 Å². The molecule has 1 saturated heterocycles. The van der Waals surface area contributed by atoms with Gasteiger partial charge in [0, 0.05) is 18.0 Å². The molecule has 0 aliphatic carbocycles. The Kier molecular flexibility index (Phi) is 4.41. The molecule has 3 rings (SSSR count). The molecule has 0 spiro atoms. The van der Waals surface area contributed by atoms with Gasteiger partial charge in [-0.15, -0.1) is 0 Å². The molecule has 2 heterocycles. The Hall–Kier alpha value is -2.94. The largest absolute Gasteiger partial charge is 0.437 e. The molecule has 2 amide bonds. The van der Waals surface area contributed by atoms with Gasteiger partial charge in [-0.05, 0) is 11.6 Å². The number of pyridine rings is 1. The first-order chi connectivity index (χ1) is 12.2. The summed E-state index contributed by atoms with van der Waals surface area (Å²) in [6.07, 6.45) is -2.64. The van der Waals surface area contributed by atoms with Gasteiger partial charge < -0.3 is 15.7 Å². The zero-order valence-electron chi connectivity index (χ0n) is 13.2. The summed E-state index contributed by atoms with van der Waals surface area (Å²) in [7, 11) is 0. The third-order valence-corrected chi connectivity index (χ3v) is 4.19. The third-order valence-electron chi connectivity index (χ3n) is 4.19. The van der Waals surface area contributed by atoms with Crippen molar-refractivity contribution >= 4 is 11.8 Å². The molecule has 1 aliphatic heterocycles. The lowest BCUT2D eigenvalue weighted by atomic mass is 9.77. The Morgan fingerprint density at radius 2 is 1.85 bits per heavy atom. The predicted molar refractivity (Wildman–Crippen MR) is 83.9 cm³/mol. The maximum atomic E-state index is 13.7. The van der Waals surface area contributed by atoms with Crippen LogP contribution in [0.1, 0.15) is 22.0 Å². The standard InChI is InChI=1S/C17H14F3N3O3/c18-17(19,20)16(26)12(14(24)10-5-2-1-3-6-10)13(22-15(25)23-16)11-7-4-8-21-9-11/h1-9,12-13,26H,(H2,22,23,25)/t12-,13+,16+/m0/s1. The summed E-state index contributed by atoms with van der Waals surface area (Å²) in [5.41, 5.74) is -3.59. The topological polar surface area (TPSA) is 91.3 Å². The molecule has 26 heavy (non-hydrogen) atoms. The molecular formula is C17H14F3N3O3. The lowest BCUT2D eigenvalue weighted by Crippen LogP contribution is -2.72. The van der Waals surface area contributed by atoms with E-state index in [9.17, 15) is 27.9 Å². The van der Waals surface area contributed by atoms with Gasteiger partial charge in [0.2, 0.25) is 5.72 Å². The molecule has 1 aromatic carbocycles. The normalized spacial score (nSPS) is 25.9. The monoisotopic (exact) mass is 365 g/mol. The quantitative estimate of drug-likeness (QED) is 0.727. The van der Waals surface area contributed by atoms with Crippen LogP contribution in [0.15, 0.2) is 54.9 Å². The number of aliphatic hydroxyl groups is 1. The molecule has 3 atom stereocenters. The highest BCUT2D eigenvalue weighted by atomic mass is 19.4. The van der Waals surface area contributed by atoms with Crippen molar-refractivity contribution in [3.8, 4) is 0 Å². The maximum absolute atomic E-state index is 13.7. The van der Waals surface area contributed by atoms with Crippen molar-refractivity contribution in [2.24, 2.45) is 5.92 Å². The number of carbonyl (C=O) groups is 2. The van der Waals surface area contributed by atoms with E-state index in [1.807, 2.05) is 0 Å². The Labute approximate surface area is 146 Å². The molecule has 0 unspecified atom stereocenters. The smallest absolute Gasteiger partial charge is 0.363 e. The number of urea groups is 1. The zero-order chi connectivity index (χ0) is 18.9. The zero-order valence-corrected chi connectivity index (χ0v) is 13.2. The van der Waals surface area contributed by atoms with E-state index >= 15 is 0 Å². The minimum atomic E-state index is -5.28. The van der Waals surface area contributed by atoms with E-state index < -0.39 is 35.7 Å². The SMILES string of the molecule is O=C1N[C@H](c2cccnc2)[C@@H](C(=O)c2ccccc2)[C@@](O)(C(F)(F)F)N1. The minimum absolute atomic E-state index is 0.0213. The molecule has 0 saturated carbocycles. The molecule has 0 radical (unpaired) electrons. The first-order valence-corrected chi connectivity index (χ1v) is 7.61. The van der Waals surface area contributed by atoms with E-state index in [0.29, 0.717) is 0 Å². The Bertz CT molecular complexity index is 814. The summed E-state index contributed by atoms with van der Waals surface area (Å²) in [6.45, 7) is 0. The molecule has 3 N–H and O–H groups in total. The number of nitrogens with zero attached hydrogens (tertiary/aromatic N) is 1. The van der Waals surface area contributed by atoms with Crippen molar-refractivity contribution < 1.29 is 27.9 Å². The fourth-order valence-corrected chi connectivity index (χ4v) is 2.96. The van der Waals surface area contributed by atoms with Gasteiger partial charge in [0.15, 0.2) is 5.78 Å². The van der Waals surface area contributed by atoms with Crippen molar-refractivity contribution in [3.05, 3.63) is 66.0 Å². The number of halogens is 3. The molecule has 0 bridgehead atoms. The number of Topliss-reactive ketones (excluding diaryl/α,β-unsaturated/α-hetero) is 1. The molecule has 1 aliphatic rings. The van der Waals surface area contributed by atoms with Crippen LogP contribution in [0.4, 0.5) is 18.0 Å². The van der Waals surface area contributed by atoms with Crippen molar-refractivity contribution in [3.63, 3.8) is 0 Å². The number of hydrogen-bond donors (Lipinski definition) is 3. The van der Waals surface area contributed by atoms with Crippen LogP contribution in [-0.4, -0.2) is 33.8 Å². The fraction of sp³-hybridized carbons (Fsp3) is 0.235. The molecule has 6 nitrogen and oxygen atoms in total. The lowest BCUT2D eigenvalue weighted by molar-refractivity contribution is -0.287. The van der Waals surface area contributed by atoms with Gasteiger partial charge in [0.25, 0.3) is 0 Å². The van der Waals surface area contributed by atoms with Crippen molar-refractivity contribution in [1.82, 2.24) is 15.6 Å². The first kappa shape index (κ1) is 17.9. The number of rotatable bonds is 3. The summed E-state index contributed by atoms with van der Waals surface area (Å²) >= 11 is 0. The number of aromatic nitrogens is 1. The number of alkyl halides is 3. The molecule has 9 heteroatoms. The number of nitrogens with one attached hydrogen (secondary N) is 2. The Balaban J connectivity index is 2.15. The van der Waals surface area contributed by atoms with Crippen LogP contribution in [0.25, 0.3) is 0 Å². The lowest BCUT2D eigenvalue weighted by Gasteiger charge is -2.44. The number of ketones is 1. The molecular weight excluding hydrogens is 351 g/mol. The summed E-state index contributed by atoms with van der Waals surface area (Å²) < 4.78 is 41.0. The van der Waals surface area contributed by atoms with Gasteiger partial charge in [-0.3, -0.25) is 9.78 Å². The van der Waals surface area contributed by atoms with E-state index in [0.717, 1.165) is 0 Å². The van der Waals surface area contributed by atoms with Gasteiger partial charge >= 0.3 is 12.2 Å². The van der Waals surface area contributed by atoms with Crippen LogP contribution in [-0.2, 0) is 0 Å². The third kappa shape index (κ3) is 3.01. The van der Waals surface area contributed by atoms with E-state index in [-0.39, 0.29) is 11.1 Å². The van der Waals surface area contributed by atoms with Gasteiger partial charge in [-0.2, -0.15) is 13.2 Å². The van der Waals surface area contributed by atoms with Crippen LogP contribution >= 0.6 is 0 Å². The van der Waals surface area contributed by atoms with Gasteiger partial charge in [-0.25, -0.2) is 4.79 Å². The van der Waals surface area contributed by atoms with E-state index in [4.69, 9.17) is 0 Å². The Morgan fingerprint density at radius 3 is 2.42 bits per heavy atom. The summed E-state index contributed by atoms with van der Waals surface area (Å²) in [5, 5.41) is 14.1. The maximum Gasteiger partial charge on any atom is 0.437 e. The predicted octanol–water partition coefficient (Wildman–Crippen LogP) is 2.19. The average Bonchev–Trinajstić information content (AvgIpc) is 2.61. The summed E-state index contributed by atoms with van der Waals surface area (Å²) in [6, 6.07) is 7.50. The van der Waals surface area contributed by atoms with Crippen LogP contribution in [0.2, 0.25) is 0 Å². The van der Waals surface area contributed by atoms with Crippen LogP contribution in [0.3, 0.4) is 0 Å². The second-order valence-electron chi connectivity index (χ2n) is 5.83. The summed E-state index contributed by atoms with van der Waals surface area (Å²) in [5.74, 6) is -3.02. The molecule has 136 valence electrons. The molecule has 2 aromatic rings. The van der Waals surface area contributed by atoms with E-state index in [1.165, 1.54) is 54.1 Å². The number of amides is 2. The average molecular weight is 365 g/mol. The van der Waals surface area contributed by atoms with Crippen LogP contribution in [0, 0.1) is 5.92 Å². The van der Waals surface area contributed by atoms with E-state index in [1.54, 1.807) is 6.07 Å². The van der Waals surface area contributed by atoms with Gasteiger partial charge in [-0.1, -0.05) is 36.4 Å². The van der Waals surface area contributed by atoms with Crippen LogP contribution in [0.5, 0.6) is 0 Å². The van der Waals surface area contributed by atoms with Gasteiger partial charge in [0.05, 0.1) is 6.04 Å². The molecule has 1 aromatic heterocycles. The highest BCUT2D eigenvalue weighted by Crippen LogP contribution is 2.43. The highest BCUT2D eigenvalue weighted by molar-refractivity contribution is 6.00. The highest BCUT2D eigenvalue weighted by Gasteiger charge is 2.66. The first-order valence-electron chi connectivity index (χ1n) is 7.61. The molecule has 1 fully saturated rings. The summed E-state index contributed by atoms with van der Waals surface area (Å²) in [4.78, 5) is 28.5. The number of hydrogen-bond acceptors (Lipinski definition) is 4. The second-order valence-corrected chi connectivity index (χ2v) is 5.83. The minimum Gasteiger partial charge on any atom is -0.363 e. The van der Waals surface area contributed by atoms with Crippen molar-refractivity contribution in [1.29, 1.82) is 0 Å². The van der Waals surface area contributed by atoms with Gasteiger partial charge in [0.1, 0.15) is 5.92 Å². The Morgan fingerprint density at radius 1 is 1.15 bits per heavy atom. The van der Waals surface area contributed by atoms with Crippen LogP contribution < -0.4 is 10.6 Å².